The molecule has 5 heteroatoms. The molecule has 20 heavy (non-hydrogen) atoms. The average Bonchev–Trinajstić information content (AvgIpc) is 2.99. The topological polar surface area (TPSA) is 61.4 Å². The second kappa shape index (κ2) is 7.67. The van der Waals surface area contributed by atoms with Crippen molar-refractivity contribution >= 4 is 17.4 Å². The summed E-state index contributed by atoms with van der Waals surface area (Å²) < 4.78 is 0. The molecule has 0 aliphatic carbocycles. The number of rotatable bonds is 6. The highest BCUT2D eigenvalue weighted by Crippen LogP contribution is 2.14. The molecule has 0 saturated carbocycles. The Bertz CT molecular complexity index is 514. The molecule has 0 aliphatic rings. The molecule has 0 fully saturated rings. The van der Waals surface area contributed by atoms with Crippen LogP contribution in [0, 0.1) is 0 Å². The minimum absolute atomic E-state index is 0.210. The third-order valence-corrected chi connectivity index (χ3v) is 3.77. The number of benzene rings is 1. The van der Waals surface area contributed by atoms with E-state index in [1.54, 1.807) is 11.3 Å². The van der Waals surface area contributed by atoms with E-state index in [0.717, 1.165) is 10.4 Å². The second-order valence-electron chi connectivity index (χ2n) is 4.40. The first-order valence-electron chi connectivity index (χ1n) is 6.53. The molecule has 0 bridgehead atoms. The Morgan fingerprint density at radius 1 is 1.15 bits per heavy atom. The van der Waals surface area contributed by atoms with Crippen LogP contribution in [-0.2, 0) is 6.54 Å². The molecule has 0 spiro atoms. The van der Waals surface area contributed by atoms with Gasteiger partial charge in [0, 0.05) is 11.4 Å². The molecule has 1 aromatic carbocycles. The third-order valence-electron chi connectivity index (χ3n) is 2.89. The summed E-state index contributed by atoms with van der Waals surface area (Å²) in [5, 5.41) is 17.4. The van der Waals surface area contributed by atoms with Gasteiger partial charge in [-0.3, -0.25) is 0 Å². The summed E-state index contributed by atoms with van der Waals surface area (Å²) >= 11 is 1.61. The van der Waals surface area contributed by atoms with Crippen LogP contribution in [0.4, 0.5) is 4.79 Å². The summed E-state index contributed by atoms with van der Waals surface area (Å²) in [5.74, 6) is 0. The standard InChI is InChI=1S/C15H18N2O2S/c18-14(12-5-2-1-3-6-12)8-9-16-15(19)17-11-13-7-4-10-20-13/h1-7,10,14,18H,8-9,11H2,(H2,16,17,19)/t14-/m0/s1. The number of nitrogens with one attached hydrogen (secondary N) is 2. The summed E-state index contributed by atoms with van der Waals surface area (Å²) in [4.78, 5) is 12.7. The lowest BCUT2D eigenvalue weighted by molar-refractivity contribution is 0.167. The van der Waals surface area contributed by atoms with Crippen LogP contribution < -0.4 is 10.6 Å². The van der Waals surface area contributed by atoms with Crippen LogP contribution in [0.2, 0.25) is 0 Å². The second-order valence-corrected chi connectivity index (χ2v) is 5.44. The number of urea groups is 1. The van der Waals surface area contributed by atoms with Gasteiger partial charge in [0.2, 0.25) is 0 Å². The van der Waals surface area contributed by atoms with E-state index in [9.17, 15) is 9.90 Å². The van der Waals surface area contributed by atoms with Crippen molar-refractivity contribution in [3.05, 3.63) is 58.3 Å². The van der Waals surface area contributed by atoms with E-state index in [1.807, 2.05) is 47.8 Å². The molecule has 1 aromatic heterocycles. The molecule has 0 aliphatic heterocycles. The average molecular weight is 290 g/mol. The summed E-state index contributed by atoms with van der Waals surface area (Å²) in [6, 6.07) is 13.2. The molecule has 2 amide bonds. The third kappa shape index (κ3) is 4.68. The van der Waals surface area contributed by atoms with Crippen molar-refractivity contribution in [2.45, 2.75) is 19.1 Å². The number of aliphatic hydroxyl groups is 1. The number of aliphatic hydroxyl groups excluding tert-OH is 1. The Morgan fingerprint density at radius 3 is 2.65 bits per heavy atom. The van der Waals surface area contributed by atoms with E-state index in [0.29, 0.717) is 19.5 Å². The minimum Gasteiger partial charge on any atom is -0.388 e. The first-order valence-corrected chi connectivity index (χ1v) is 7.41. The lowest BCUT2D eigenvalue weighted by atomic mass is 10.1. The fourth-order valence-corrected chi connectivity index (χ4v) is 2.45. The summed E-state index contributed by atoms with van der Waals surface area (Å²) in [7, 11) is 0. The fraction of sp³-hybridized carbons (Fsp3) is 0.267. The van der Waals surface area contributed by atoms with Gasteiger partial charge in [-0.25, -0.2) is 4.79 Å². The fourth-order valence-electron chi connectivity index (χ4n) is 1.81. The van der Waals surface area contributed by atoms with Crippen molar-refractivity contribution in [3.63, 3.8) is 0 Å². The van der Waals surface area contributed by atoms with E-state index in [2.05, 4.69) is 10.6 Å². The Kier molecular flexibility index (Phi) is 5.58. The Balaban J connectivity index is 1.64. The zero-order valence-corrected chi connectivity index (χ0v) is 11.9. The Morgan fingerprint density at radius 2 is 1.95 bits per heavy atom. The highest BCUT2D eigenvalue weighted by atomic mass is 32.1. The van der Waals surface area contributed by atoms with Crippen LogP contribution in [-0.4, -0.2) is 17.7 Å². The normalized spacial score (nSPS) is 11.8. The molecule has 4 nitrogen and oxygen atoms in total. The van der Waals surface area contributed by atoms with Crippen molar-refractivity contribution < 1.29 is 9.90 Å². The van der Waals surface area contributed by atoms with Crippen LogP contribution >= 0.6 is 11.3 Å². The van der Waals surface area contributed by atoms with E-state index >= 15 is 0 Å². The van der Waals surface area contributed by atoms with E-state index in [-0.39, 0.29) is 6.03 Å². The molecule has 0 radical (unpaired) electrons. The molecule has 0 unspecified atom stereocenters. The molecule has 1 heterocycles. The van der Waals surface area contributed by atoms with Crippen molar-refractivity contribution in [1.82, 2.24) is 10.6 Å². The van der Waals surface area contributed by atoms with Crippen LogP contribution in [0.15, 0.2) is 47.8 Å². The van der Waals surface area contributed by atoms with Gasteiger partial charge in [-0.1, -0.05) is 36.4 Å². The molecule has 3 N–H and O–H groups in total. The Hall–Kier alpha value is -1.85. The quantitative estimate of drug-likeness (QED) is 0.766. The molecule has 2 rings (SSSR count). The van der Waals surface area contributed by atoms with E-state index in [1.165, 1.54) is 0 Å². The van der Waals surface area contributed by atoms with Gasteiger partial charge in [0.15, 0.2) is 0 Å². The summed E-state index contributed by atoms with van der Waals surface area (Å²) in [6.07, 6.45) is -0.0509. The van der Waals surface area contributed by atoms with E-state index in [4.69, 9.17) is 0 Å². The number of carbonyl (C=O) groups is 1. The van der Waals surface area contributed by atoms with Gasteiger partial charge in [0.1, 0.15) is 0 Å². The lowest BCUT2D eigenvalue weighted by Crippen LogP contribution is -2.35. The molecular weight excluding hydrogens is 272 g/mol. The largest absolute Gasteiger partial charge is 0.388 e. The van der Waals surface area contributed by atoms with Crippen LogP contribution in [0.1, 0.15) is 23.0 Å². The zero-order chi connectivity index (χ0) is 14.2. The van der Waals surface area contributed by atoms with Crippen molar-refractivity contribution in [2.75, 3.05) is 6.54 Å². The van der Waals surface area contributed by atoms with Gasteiger partial charge in [0.25, 0.3) is 0 Å². The van der Waals surface area contributed by atoms with Crippen LogP contribution in [0.25, 0.3) is 0 Å². The van der Waals surface area contributed by atoms with Crippen molar-refractivity contribution in [3.8, 4) is 0 Å². The monoisotopic (exact) mass is 290 g/mol. The van der Waals surface area contributed by atoms with Gasteiger partial charge in [-0.05, 0) is 23.4 Å². The van der Waals surface area contributed by atoms with E-state index < -0.39 is 6.10 Å². The Labute approximate surface area is 122 Å². The summed E-state index contributed by atoms with van der Waals surface area (Å²) in [5.41, 5.74) is 0.869. The van der Waals surface area contributed by atoms with Gasteiger partial charge in [0.05, 0.1) is 12.6 Å². The zero-order valence-electron chi connectivity index (χ0n) is 11.1. The van der Waals surface area contributed by atoms with Crippen LogP contribution in [0.3, 0.4) is 0 Å². The molecule has 1 atom stereocenters. The first kappa shape index (κ1) is 14.6. The van der Waals surface area contributed by atoms with Crippen molar-refractivity contribution in [2.24, 2.45) is 0 Å². The SMILES string of the molecule is O=C(NCC[C@H](O)c1ccccc1)NCc1cccs1. The summed E-state index contributed by atoms with van der Waals surface area (Å²) in [6.45, 7) is 0.969. The number of hydrogen-bond acceptors (Lipinski definition) is 3. The van der Waals surface area contributed by atoms with Gasteiger partial charge in [-0.15, -0.1) is 11.3 Å². The highest BCUT2D eigenvalue weighted by molar-refractivity contribution is 7.09. The van der Waals surface area contributed by atoms with Crippen LogP contribution in [0.5, 0.6) is 0 Å². The minimum atomic E-state index is -0.547. The number of hydrogen-bond donors (Lipinski definition) is 3. The van der Waals surface area contributed by atoms with Gasteiger partial charge >= 0.3 is 6.03 Å². The molecule has 106 valence electrons. The maximum atomic E-state index is 11.6. The lowest BCUT2D eigenvalue weighted by Gasteiger charge is -2.12. The smallest absolute Gasteiger partial charge is 0.315 e. The van der Waals surface area contributed by atoms with Gasteiger partial charge < -0.3 is 15.7 Å². The molecule has 0 saturated heterocycles. The molecule has 2 aromatic rings. The predicted molar refractivity (Wildman–Crippen MR) is 80.6 cm³/mol. The maximum Gasteiger partial charge on any atom is 0.315 e. The van der Waals surface area contributed by atoms with Gasteiger partial charge in [-0.2, -0.15) is 0 Å². The number of thiophene rings is 1. The number of carbonyl (C=O) groups excluding carboxylic acids is 1. The van der Waals surface area contributed by atoms with Crippen molar-refractivity contribution in [1.29, 1.82) is 0 Å². The first-order chi connectivity index (χ1) is 9.75. The molecular formula is C15H18N2O2S. The predicted octanol–water partition coefficient (Wildman–Crippen LogP) is 2.67. The maximum absolute atomic E-state index is 11.6. The number of amides is 2. The highest BCUT2D eigenvalue weighted by Gasteiger charge is 2.07.